The quantitative estimate of drug-likeness (QED) is 0.670. The van der Waals surface area contributed by atoms with Gasteiger partial charge in [-0.3, -0.25) is 20.4 Å². The van der Waals surface area contributed by atoms with Gasteiger partial charge >= 0.3 is 0 Å². The standard InChI is InChI=1S/C17H18N2O4/c1-11-9-15(12(2)23-11)17(21)19-18-16(20)8-7-13-5-4-6-14(10-13)22-3/h4-10H,1-3H3,(H,18,20)(H,19,21)/b8-7+. The minimum atomic E-state index is -0.445. The van der Waals surface area contributed by atoms with Crippen molar-refractivity contribution in [1.29, 1.82) is 0 Å². The average Bonchev–Trinajstić information content (AvgIpc) is 2.89. The Morgan fingerprint density at radius 3 is 2.61 bits per heavy atom. The highest BCUT2D eigenvalue weighted by atomic mass is 16.5. The first kappa shape index (κ1) is 16.4. The summed E-state index contributed by atoms with van der Waals surface area (Å²) in [6, 6.07) is 8.88. The molecule has 0 atom stereocenters. The van der Waals surface area contributed by atoms with Crippen molar-refractivity contribution in [2.75, 3.05) is 7.11 Å². The average molecular weight is 314 g/mol. The molecule has 6 heteroatoms. The van der Waals surface area contributed by atoms with Crippen LogP contribution in [0.3, 0.4) is 0 Å². The molecule has 0 saturated heterocycles. The lowest BCUT2D eigenvalue weighted by molar-refractivity contribution is -0.117. The number of rotatable bonds is 4. The molecule has 0 aliphatic carbocycles. The molecule has 1 aromatic heterocycles. The highest BCUT2D eigenvalue weighted by Crippen LogP contribution is 2.14. The number of carbonyl (C=O) groups excluding carboxylic acids is 2. The summed E-state index contributed by atoms with van der Waals surface area (Å²) in [6.07, 6.45) is 2.94. The lowest BCUT2D eigenvalue weighted by atomic mass is 10.2. The van der Waals surface area contributed by atoms with E-state index < -0.39 is 11.8 Å². The zero-order chi connectivity index (χ0) is 16.8. The second-order valence-electron chi connectivity index (χ2n) is 4.88. The molecule has 0 aliphatic rings. The topological polar surface area (TPSA) is 80.6 Å². The molecule has 0 radical (unpaired) electrons. The molecule has 1 heterocycles. The number of amides is 2. The van der Waals surface area contributed by atoms with Crippen molar-refractivity contribution in [3.63, 3.8) is 0 Å². The van der Waals surface area contributed by atoms with Crippen molar-refractivity contribution >= 4 is 17.9 Å². The van der Waals surface area contributed by atoms with Gasteiger partial charge in [0.2, 0.25) is 0 Å². The van der Waals surface area contributed by atoms with Crippen molar-refractivity contribution in [2.24, 2.45) is 0 Å². The first-order chi connectivity index (χ1) is 11.0. The molecular weight excluding hydrogens is 296 g/mol. The third kappa shape index (κ3) is 4.47. The van der Waals surface area contributed by atoms with E-state index in [0.717, 1.165) is 5.56 Å². The Balaban J connectivity index is 1.90. The lowest BCUT2D eigenvalue weighted by Gasteiger charge is -2.04. The molecule has 0 unspecified atom stereocenters. The zero-order valence-electron chi connectivity index (χ0n) is 13.2. The van der Waals surface area contributed by atoms with Crippen molar-refractivity contribution in [2.45, 2.75) is 13.8 Å². The fourth-order valence-electron chi connectivity index (χ4n) is 2.00. The highest BCUT2D eigenvalue weighted by molar-refractivity contribution is 5.98. The van der Waals surface area contributed by atoms with Gasteiger partial charge in [-0.2, -0.15) is 0 Å². The normalized spacial score (nSPS) is 10.6. The van der Waals surface area contributed by atoms with Crippen LogP contribution in [0.15, 0.2) is 40.8 Å². The maximum atomic E-state index is 11.9. The van der Waals surface area contributed by atoms with E-state index in [9.17, 15) is 9.59 Å². The number of nitrogens with one attached hydrogen (secondary N) is 2. The summed E-state index contributed by atoms with van der Waals surface area (Å²) >= 11 is 0. The Kier molecular flexibility index (Phi) is 5.19. The number of benzene rings is 1. The predicted octanol–water partition coefficient (Wildman–Crippen LogP) is 2.38. The van der Waals surface area contributed by atoms with Crippen LogP contribution in [-0.4, -0.2) is 18.9 Å². The van der Waals surface area contributed by atoms with Gasteiger partial charge < -0.3 is 9.15 Å². The number of furan rings is 1. The van der Waals surface area contributed by atoms with E-state index in [1.165, 1.54) is 6.08 Å². The predicted molar refractivity (Wildman–Crippen MR) is 85.8 cm³/mol. The number of methoxy groups -OCH3 is 1. The molecule has 2 amide bonds. The summed E-state index contributed by atoms with van der Waals surface area (Å²) in [5.41, 5.74) is 5.86. The van der Waals surface area contributed by atoms with Crippen LogP contribution in [-0.2, 0) is 4.79 Å². The Bertz CT molecular complexity index is 747. The number of ether oxygens (including phenoxy) is 1. The molecule has 1 aromatic carbocycles. The van der Waals surface area contributed by atoms with Crippen LogP contribution in [0, 0.1) is 13.8 Å². The largest absolute Gasteiger partial charge is 0.497 e. The Hall–Kier alpha value is -3.02. The second-order valence-corrected chi connectivity index (χ2v) is 4.88. The number of hydrazine groups is 1. The van der Waals surface area contributed by atoms with Crippen LogP contribution >= 0.6 is 0 Å². The SMILES string of the molecule is COc1cccc(/C=C/C(=O)NNC(=O)c2cc(C)oc2C)c1. The maximum absolute atomic E-state index is 11.9. The van der Waals surface area contributed by atoms with Crippen LogP contribution < -0.4 is 15.6 Å². The van der Waals surface area contributed by atoms with Crippen LogP contribution in [0.4, 0.5) is 0 Å². The maximum Gasteiger partial charge on any atom is 0.273 e. The molecular formula is C17H18N2O4. The van der Waals surface area contributed by atoms with Gasteiger partial charge in [0.15, 0.2) is 0 Å². The van der Waals surface area contributed by atoms with E-state index in [4.69, 9.17) is 9.15 Å². The lowest BCUT2D eigenvalue weighted by Crippen LogP contribution is -2.40. The number of carbonyl (C=O) groups is 2. The molecule has 0 fully saturated rings. The minimum Gasteiger partial charge on any atom is -0.497 e. The van der Waals surface area contributed by atoms with Crippen molar-refractivity contribution in [1.82, 2.24) is 10.9 Å². The highest BCUT2D eigenvalue weighted by Gasteiger charge is 2.13. The summed E-state index contributed by atoms with van der Waals surface area (Å²) in [5.74, 6) is 0.964. The van der Waals surface area contributed by atoms with Crippen LogP contribution in [0.25, 0.3) is 6.08 Å². The molecule has 0 spiro atoms. The summed E-state index contributed by atoms with van der Waals surface area (Å²) < 4.78 is 10.4. The van der Waals surface area contributed by atoms with Crippen molar-refractivity contribution < 1.29 is 18.7 Å². The van der Waals surface area contributed by atoms with E-state index in [-0.39, 0.29) is 0 Å². The Morgan fingerprint density at radius 1 is 1.17 bits per heavy atom. The van der Waals surface area contributed by atoms with Gasteiger partial charge in [-0.1, -0.05) is 12.1 Å². The molecule has 0 aliphatic heterocycles. The van der Waals surface area contributed by atoms with E-state index in [2.05, 4.69) is 10.9 Å². The smallest absolute Gasteiger partial charge is 0.273 e. The Labute approximate surface area is 134 Å². The molecule has 2 N–H and O–H groups in total. The van der Waals surface area contributed by atoms with Crippen LogP contribution in [0.5, 0.6) is 5.75 Å². The van der Waals surface area contributed by atoms with E-state index in [1.54, 1.807) is 39.2 Å². The molecule has 2 rings (SSSR count). The van der Waals surface area contributed by atoms with Gasteiger partial charge in [0.1, 0.15) is 17.3 Å². The third-order valence-electron chi connectivity index (χ3n) is 3.11. The summed E-state index contributed by atoms with van der Waals surface area (Å²) in [5, 5.41) is 0. The molecule has 120 valence electrons. The van der Waals surface area contributed by atoms with Crippen LogP contribution in [0.1, 0.15) is 27.4 Å². The zero-order valence-corrected chi connectivity index (χ0v) is 13.2. The van der Waals surface area contributed by atoms with E-state index in [0.29, 0.717) is 22.8 Å². The van der Waals surface area contributed by atoms with Gasteiger partial charge in [-0.25, -0.2) is 0 Å². The fourth-order valence-corrected chi connectivity index (χ4v) is 2.00. The van der Waals surface area contributed by atoms with Gasteiger partial charge in [0.05, 0.1) is 12.7 Å². The minimum absolute atomic E-state index is 0.388. The molecule has 23 heavy (non-hydrogen) atoms. The van der Waals surface area contributed by atoms with Gasteiger partial charge in [0.25, 0.3) is 11.8 Å². The summed E-state index contributed by atoms with van der Waals surface area (Å²) in [4.78, 5) is 23.6. The first-order valence-corrected chi connectivity index (χ1v) is 6.99. The number of hydrogen-bond donors (Lipinski definition) is 2. The number of hydrogen-bond acceptors (Lipinski definition) is 4. The van der Waals surface area contributed by atoms with E-state index in [1.807, 2.05) is 18.2 Å². The van der Waals surface area contributed by atoms with Gasteiger partial charge in [0, 0.05) is 6.08 Å². The first-order valence-electron chi connectivity index (χ1n) is 6.99. The Morgan fingerprint density at radius 2 is 1.96 bits per heavy atom. The van der Waals surface area contributed by atoms with Gasteiger partial charge in [-0.05, 0) is 43.7 Å². The summed E-state index contributed by atoms with van der Waals surface area (Å²) in [6.45, 7) is 3.44. The number of aryl methyl sites for hydroxylation is 2. The molecule has 2 aromatic rings. The second kappa shape index (κ2) is 7.31. The monoisotopic (exact) mass is 314 g/mol. The molecule has 0 saturated carbocycles. The van der Waals surface area contributed by atoms with E-state index >= 15 is 0 Å². The van der Waals surface area contributed by atoms with Crippen LogP contribution in [0.2, 0.25) is 0 Å². The third-order valence-corrected chi connectivity index (χ3v) is 3.11. The molecule has 6 nitrogen and oxygen atoms in total. The van der Waals surface area contributed by atoms with Gasteiger partial charge in [-0.15, -0.1) is 0 Å². The molecule has 0 bridgehead atoms. The summed E-state index contributed by atoms with van der Waals surface area (Å²) in [7, 11) is 1.57. The van der Waals surface area contributed by atoms with Crippen molar-refractivity contribution in [3.8, 4) is 5.75 Å². The van der Waals surface area contributed by atoms with Crippen molar-refractivity contribution in [3.05, 3.63) is 59.1 Å². The fraction of sp³-hybridized carbons (Fsp3) is 0.176.